The zero-order valence-corrected chi connectivity index (χ0v) is 12.4. The zero-order chi connectivity index (χ0) is 13.0. The second-order valence-corrected chi connectivity index (χ2v) is 5.91. The second-order valence-electron chi connectivity index (χ2n) is 5.06. The number of aliphatic hydroxyl groups is 1. The third kappa shape index (κ3) is 3.27. The van der Waals surface area contributed by atoms with E-state index in [1.165, 1.54) is 19.3 Å². The molecule has 0 heterocycles. The fourth-order valence-electron chi connectivity index (χ4n) is 2.63. The van der Waals surface area contributed by atoms with Gasteiger partial charge in [-0.05, 0) is 53.6 Å². The highest BCUT2D eigenvalue weighted by Crippen LogP contribution is 2.34. The SMILES string of the molecule is CCC1CCC(Oc2c(Br)cccc2CO)CC1. The number of hydrogen-bond acceptors (Lipinski definition) is 2. The Balaban J connectivity index is 2.02. The van der Waals surface area contributed by atoms with Crippen molar-refractivity contribution in [3.63, 3.8) is 0 Å². The van der Waals surface area contributed by atoms with E-state index >= 15 is 0 Å². The number of para-hydroxylation sites is 1. The molecule has 1 aromatic rings. The molecule has 1 saturated carbocycles. The Morgan fingerprint density at radius 1 is 1.28 bits per heavy atom. The predicted octanol–water partition coefficient (Wildman–Crippen LogP) is 4.29. The normalized spacial score (nSPS) is 23.9. The smallest absolute Gasteiger partial charge is 0.139 e. The third-order valence-corrected chi connectivity index (χ3v) is 4.50. The molecule has 1 aromatic carbocycles. The van der Waals surface area contributed by atoms with Gasteiger partial charge >= 0.3 is 0 Å². The van der Waals surface area contributed by atoms with Crippen molar-refractivity contribution in [2.75, 3.05) is 0 Å². The lowest BCUT2D eigenvalue weighted by Gasteiger charge is -2.29. The average molecular weight is 313 g/mol. The van der Waals surface area contributed by atoms with E-state index in [2.05, 4.69) is 22.9 Å². The van der Waals surface area contributed by atoms with Crippen molar-refractivity contribution >= 4 is 15.9 Å². The van der Waals surface area contributed by atoms with Gasteiger partial charge in [-0.1, -0.05) is 25.5 Å². The van der Waals surface area contributed by atoms with Crippen LogP contribution < -0.4 is 4.74 Å². The summed E-state index contributed by atoms with van der Waals surface area (Å²) in [6.07, 6.45) is 6.37. The van der Waals surface area contributed by atoms with Crippen molar-refractivity contribution in [1.82, 2.24) is 0 Å². The minimum Gasteiger partial charge on any atom is -0.489 e. The Hall–Kier alpha value is -0.540. The Morgan fingerprint density at radius 3 is 2.61 bits per heavy atom. The van der Waals surface area contributed by atoms with Gasteiger partial charge in [0.1, 0.15) is 5.75 Å². The maximum atomic E-state index is 9.35. The van der Waals surface area contributed by atoms with Crippen LogP contribution in [0.4, 0.5) is 0 Å². The molecule has 100 valence electrons. The standard InChI is InChI=1S/C15H21BrO2/c1-2-11-6-8-13(9-7-11)18-15-12(10-17)4-3-5-14(15)16/h3-5,11,13,17H,2,6-10H2,1H3. The number of halogens is 1. The summed E-state index contributed by atoms with van der Waals surface area (Å²) < 4.78 is 7.03. The molecule has 1 fully saturated rings. The van der Waals surface area contributed by atoms with E-state index in [1.807, 2.05) is 18.2 Å². The van der Waals surface area contributed by atoms with Crippen LogP contribution in [0.25, 0.3) is 0 Å². The largest absolute Gasteiger partial charge is 0.489 e. The van der Waals surface area contributed by atoms with Gasteiger partial charge in [0.2, 0.25) is 0 Å². The van der Waals surface area contributed by atoms with Crippen molar-refractivity contribution in [3.05, 3.63) is 28.2 Å². The maximum Gasteiger partial charge on any atom is 0.139 e. The Morgan fingerprint density at radius 2 is 2.00 bits per heavy atom. The molecule has 0 atom stereocenters. The van der Waals surface area contributed by atoms with Gasteiger partial charge in [-0.3, -0.25) is 0 Å². The van der Waals surface area contributed by atoms with E-state index in [4.69, 9.17) is 4.74 Å². The molecule has 0 bridgehead atoms. The molecule has 0 spiro atoms. The van der Waals surface area contributed by atoms with Gasteiger partial charge in [0.05, 0.1) is 17.2 Å². The van der Waals surface area contributed by atoms with Crippen LogP contribution >= 0.6 is 15.9 Å². The van der Waals surface area contributed by atoms with Gasteiger partial charge in [-0.15, -0.1) is 0 Å². The van der Waals surface area contributed by atoms with Gasteiger partial charge in [0, 0.05) is 5.56 Å². The van der Waals surface area contributed by atoms with Crippen LogP contribution in [0.5, 0.6) is 5.75 Å². The average Bonchev–Trinajstić information content (AvgIpc) is 2.42. The van der Waals surface area contributed by atoms with Crippen LogP contribution in [0.15, 0.2) is 22.7 Å². The minimum atomic E-state index is 0.0269. The first kappa shape index (κ1) is 13.9. The van der Waals surface area contributed by atoms with E-state index in [1.54, 1.807) is 0 Å². The number of rotatable bonds is 4. The summed E-state index contributed by atoms with van der Waals surface area (Å²) in [4.78, 5) is 0. The number of benzene rings is 1. The second kappa shape index (κ2) is 6.58. The first-order valence-electron chi connectivity index (χ1n) is 6.79. The number of hydrogen-bond donors (Lipinski definition) is 1. The molecular weight excluding hydrogens is 292 g/mol. The van der Waals surface area contributed by atoms with Crippen LogP contribution in [0, 0.1) is 5.92 Å². The summed E-state index contributed by atoms with van der Waals surface area (Å²) in [5.74, 6) is 1.70. The molecule has 0 radical (unpaired) electrons. The van der Waals surface area contributed by atoms with E-state index in [0.717, 1.165) is 34.5 Å². The molecule has 2 rings (SSSR count). The van der Waals surface area contributed by atoms with Crippen LogP contribution in [0.3, 0.4) is 0 Å². The van der Waals surface area contributed by atoms with Gasteiger partial charge in [-0.2, -0.15) is 0 Å². The highest BCUT2D eigenvalue weighted by atomic mass is 79.9. The Bertz CT molecular complexity index is 384. The van der Waals surface area contributed by atoms with Crippen LogP contribution in [0.1, 0.15) is 44.6 Å². The van der Waals surface area contributed by atoms with Gasteiger partial charge in [-0.25, -0.2) is 0 Å². The molecule has 0 aromatic heterocycles. The van der Waals surface area contributed by atoms with Crippen molar-refractivity contribution in [2.45, 2.75) is 51.7 Å². The molecular formula is C15H21BrO2. The minimum absolute atomic E-state index is 0.0269. The van der Waals surface area contributed by atoms with E-state index in [9.17, 15) is 5.11 Å². The van der Waals surface area contributed by atoms with Gasteiger partial charge in [0.25, 0.3) is 0 Å². The molecule has 0 aliphatic heterocycles. The lowest BCUT2D eigenvalue weighted by atomic mass is 9.86. The molecule has 0 amide bonds. The Labute approximate surface area is 117 Å². The summed E-state index contributed by atoms with van der Waals surface area (Å²) >= 11 is 3.50. The summed E-state index contributed by atoms with van der Waals surface area (Å²) in [6, 6.07) is 5.81. The highest BCUT2D eigenvalue weighted by Gasteiger charge is 2.22. The molecule has 18 heavy (non-hydrogen) atoms. The monoisotopic (exact) mass is 312 g/mol. The van der Waals surface area contributed by atoms with E-state index < -0.39 is 0 Å². The highest BCUT2D eigenvalue weighted by molar-refractivity contribution is 9.10. The predicted molar refractivity (Wildman–Crippen MR) is 76.7 cm³/mol. The summed E-state index contributed by atoms with van der Waals surface area (Å²) in [5, 5.41) is 9.35. The van der Waals surface area contributed by atoms with Crippen molar-refractivity contribution in [3.8, 4) is 5.75 Å². The van der Waals surface area contributed by atoms with E-state index in [0.29, 0.717) is 6.10 Å². The summed E-state index contributed by atoms with van der Waals surface area (Å²) in [7, 11) is 0. The van der Waals surface area contributed by atoms with Crippen molar-refractivity contribution in [1.29, 1.82) is 0 Å². The lowest BCUT2D eigenvalue weighted by molar-refractivity contribution is 0.125. The molecule has 2 nitrogen and oxygen atoms in total. The topological polar surface area (TPSA) is 29.5 Å². The molecule has 1 N–H and O–H groups in total. The first-order valence-corrected chi connectivity index (χ1v) is 7.58. The molecule has 0 saturated heterocycles. The van der Waals surface area contributed by atoms with Crippen LogP contribution in [0.2, 0.25) is 0 Å². The summed E-state index contributed by atoms with van der Waals surface area (Å²) in [5.41, 5.74) is 0.863. The summed E-state index contributed by atoms with van der Waals surface area (Å²) in [6.45, 7) is 2.29. The molecule has 1 aliphatic rings. The quantitative estimate of drug-likeness (QED) is 0.898. The van der Waals surface area contributed by atoms with Gasteiger partial charge < -0.3 is 9.84 Å². The fourth-order valence-corrected chi connectivity index (χ4v) is 3.14. The number of aliphatic hydroxyl groups excluding tert-OH is 1. The van der Waals surface area contributed by atoms with Crippen molar-refractivity contribution in [2.24, 2.45) is 5.92 Å². The van der Waals surface area contributed by atoms with Crippen molar-refractivity contribution < 1.29 is 9.84 Å². The third-order valence-electron chi connectivity index (χ3n) is 3.87. The maximum absolute atomic E-state index is 9.35. The first-order chi connectivity index (χ1) is 8.74. The van der Waals surface area contributed by atoms with E-state index in [-0.39, 0.29) is 6.61 Å². The zero-order valence-electron chi connectivity index (χ0n) is 10.9. The van der Waals surface area contributed by atoms with Gasteiger partial charge in [0.15, 0.2) is 0 Å². The van der Waals surface area contributed by atoms with Crippen LogP contribution in [-0.4, -0.2) is 11.2 Å². The fraction of sp³-hybridized carbons (Fsp3) is 0.600. The molecule has 3 heteroatoms. The molecule has 1 aliphatic carbocycles. The van der Waals surface area contributed by atoms with Crippen LogP contribution in [-0.2, 0) is 6.61 Å². The number of ether oxygens (including phenoxy) is 1. The molecule has 0 unspecified atom stereocenters. The Kier molecular flexibility index (Phi) is 5.07. The lowest BCUT2D eigenvalue weighted by Crippen LogP contribution is -2.24.